The topological polar surface area (TPSA) is 78.9 Å². The van der Waals surface area contributed by atoms with Gasteiger partial charge in [0.15, 0.2) is 5.65 Å². The van der Waals surface area contributed by atoms with Crippen molar-refractivity contribution in [1.29, 1.82) is 0 Å². The number of nitrogens with zero attached hydrogens (tertiary/aromatic N) is 2. The number of carboxylic acid groups (broad SMARTS) is 1. The van der Waals surface area contributed by atoms with Gasteiger partial charge in [0.25, 0.3) is 0 Å². The first-order valence-corrected chi connectivity index (χ1v) is 7.90. The molecule has 4 rings (SSSR count). The summed E-state index contributed by atoms with van der Waals surface area (Å²) in [6.45, 7) is 0. The Balaban J connectivity index is 1.88. The van der Waals surface area contributed by atoms with E-state index in [0.29, 0.717) is 17.1 Å². The van der Waals surface area contributed by atoms with Gasteiger partial charge in [-0.05, 0) is 48.1 Å². The number of imidazole rings is 1. The van der Waals surface area contributed by atoms with Gasteiger partial charge < -0.3 is 10.1 Å². The van der Waals surface area contributed by atoms with Crippen molar-refractivity contribution in [2.45, 2.75) is 31.6 Å². The molecule has 3 aromatic rings. The van der Waals surface area contributed by atoms with E-state index in [4.69, 9.17) is 0 Å². The van der Waals surface area contributed by atoms with Crippen LogP contribution in [0.5, 0.6) is 0 Å². The first-order valence-electron chi connectivity index (χ1n) is 7.90. The van der Waals surface area contributed by atoms with Gasteiger partial charge in [-0.15, -0.1) is 0 Å². The Bertz CT molecular complexity index is 879. The fourth-order valence-electron chi connectivity index (χ4n) is 3.59. The Morgan fingerprint density at radius 1 is 1.17 bits per heavy atom. The van der Waals surface area contributed by atoms with Gasteiger partial charge in [-0.1, -0.05) is 18.9 Å². The largest absolute Gasteiger partial charge is 0.478 e. The molecule has 5 heteroatoms. The number of aromatic amines is 1. The lowest BCUT2D eigenvalue weighted by Gasteiger charge is -2.15. The molecule has 1 aliphatic rings. The Labute approximate surface area is 133 Å². The van der Waals surface area contributed by atoms with Crippen molar-refractivity contribution in [2.24, 2.45) is 0 Å². The van der Waals surface area contributed by atoms with Gasteiger partial charge in [0.05, 0.1) is 17.4 Å². The van der Waals surface area contributed by atoms with Gasteiger partial charge in [-0.2, -0.15) is 0 Å². The van der Waals surface area contributed by atoms with Crippen LogP contribution in [0.4, 0.5) is 0 Å². The van der Waals surface area contributed by atoms with E-state index in [2.05, 4.69) is 15.0 Å². The molecule has 0 unspecified atom stereocenters. The third kappa shape index (κ3) is 2.38. The molecule has 2 N–H and O–H groups in total. The molecule has 0 amide bonds. The zero-order chi connectivity index (χ0) is 15.8. The standard InChI is InChI=1S/C18H17N3O2/c22-18(23)14-6-5-12(9-15(14)11-3-1-2-4-11)13-7-8-19-17-16(13)20-10-21-17/h5-11H,1-4H2,(H,22,23)(H,19,20,21). The number of pyridine rings is 1. The molecular weight excluding hydrogens is 290 g/mol. The number of aromatic nitrogens is 3. The molecule has 116 valence electrons. The number of nitrogens with one attached hydrogen (secondary N) is 1. The third-order valence-corrected chi connectivity index (χ3v) is 4.71. The lowest BCUT2D eigenvalue weighted by atomic mass is 9.89. The van der Waals surface area contributed by atoms with Crippen LogP contribution in [0.1, 0.15) is 47.5 Å². The van der Waals surface area contributed by atoms with Crippen molar-refractivity contribution in [2.75, 3.05) is 0 Å². The number of carbonyl (C=O) groups is 1. The quantitative estimate of drug-likeness (QED) is 0.767. The molecule has 0 bridgehead atoms. The fourth-order valence-corrected chi connectivity index (χ4v) is 3.59. The summed E-state index contributed by atoms with van der Waals surface area (Å²) in [5.74, 6) is -0.500. The van der Waals surface area contributed by atoms with Gasteiger partial charge in [0, 0.05) is 11.8 Å². The van der Waals surface area contributed by atoms with Gasteiger partial charge in [-0.3, -0.25) is 0 Å². The summed E-state index contributed by atoms with van der Waals surface area (Å²) in [5.41, 5.74) is 4.95. The second-order valence-corrected chi connectivity index (χ2v) is 6.05. The number of hydrogen-bond donors (Lipinski definition) is 2. The molecule has 1 fully saturated rings. The van der Waals surface area contributed by atoms with Gasteiger partial charge in [0.1, 0.15) is 0 Å². The summed E-state index contributed by atoms with van der Waals surface area (Å²) in [4.78, 5) is 23.1. The Morgan fingerprint density at radius 3 is 2.78 bits per heavy atom. The lowest BCUT2D eigenvalue weighted by Crippen LogP contribution is -2.05. The van der Waals surface area contributed by atoms with E-state index in [1.807, 2.05) is 18.2 Å². The van der Waals surface area contributed by atoms with Crippen molar-refractivity contribution in [1.82, 2.24) is 15.0 Å². The number of fused-ring (bicyclic) bond motifs is 1. The van der Waals surface area contributed by atoms with Crippen LogP contribution in [0.2, 0.25) is 0 Å². The molecule has 5 nitrogen and oxygen atoms in total. The predicted molar refractivity (Wildman–Crippen MR) is 87.5 cm³/mol. The van der Waals surface area contributed by atoms with Crippen LogP contribution in [-0.4, -0.2) is 26.0 Å². The van der Waals surface area contributed by atoms with E-state index in [9.17, 15) is 9.90 Å². The minimum atomic E-state index is -0.847. The molecule has 1 saturated carbocycles. The molecule has 0 saturated heterocycles. The van der Waals surface area contributed by atoms with Crippen molar-refractivity contribution in [3.63, 3.8) is 0 Å². The molecular formula is C18H17N3O2. The van der Waals surface area contributed by atoms with Gasteiger partial charge in [0.2, 0.25) is 0 Å². The van der Waals surface area contributed by atoms with Crippen LogP contribution in [0.3, 0.4) is 0 Å². The van der Waals surface area contributed by atoms with E-state index in [1.165, 1.54) is 12.8 Å². The van der Waals surface area contributed by atoms with Crippen LogP contribution in [0.25, 0.3) is 22.3 Å². The van der Waals surface area contributed by atoms with Crippen molar-refractivity contribution in [3.8, 4) is 11.1 Å². The second-order valence-electron chi connectivity index (χ2n) is 6.05. The Kier molecular flexibility index (Phi) is 3.33. The summed E-state index contributed by atoms with van der Waals surface area (Å²) < 4.78 is 0. The van der Waals surface area contributed by atoms with Gasteiger partial charge >= 0.3 is 5.97 Å². The predicted octanol–water partition coefficient (Wildman–Crippen LogP) is 3.98. The average Bonchev–Trinajstić information content (AvgIpc) is 3.25. The minimum absolute atomic E-state index is 0.347. The molecule has 1 aromatic carbocycles. The van der Waals surface area contributed by atoms with Crippen LogP contribution in [0.15, 0.2) is 36.8 Å². The molecule has 23 heavy (non-hydrogen) atoms. The lowest BCUT2D eigenvalue weighted by molar-refractivity contribution is 0.0695. The number of aromatic carboxylic acids is 1. The molecule has 2 aromatic heterocycles. The van der Waals surface area contributed by atoms with E-state index < -0.39 is 5.97 Å². The highest BCUT2D eigenvalue weighted by atomic mass is 16.4. The average molecular weight is 307 g/mol. The number of H-pyrrole nitrogens is 1. The number of rotatable bonds is 3. The maximum atomic E-state index is 11.6. The normalized spacial score (nSPS) is 15.3. The van der Waals surface area contributed by atoms with Crippen molar-refractivity contribution < 1.29 is 9.90 Å². The summed E-state index contributed by atoms with van der Waals surface area (Å²) in [5, 5.41) is 9.50. The fraction of sp³-hybridized carbons (Fsp3) is 0.278. The zero-order valence-corrected chi connectivity index (χ0v) is 12.6. The maximum absolute atomic E-state index is 11.6. The smallest absolute Gasteiger partial charge is 0.335 e. The van der Waals surface area contributed by atoms with Crippen molar-refractivity contribution in [3.05, 3.63) is 47.9 Å². The molecule has 0 spiro atoms. The van der Waals surface area contributed by atoms with E-state index >= 15 is 0 Å². The highest BCUT2D eigenvalue weighted by Gasteiger charge is 2.23. The van der Waals surface area contributed by atoms with Crippen LogP contribution in [-0.2, 0) is 0 Å². The van der Waals surface area contributed by atoms with Crippen LogP contribution in [0, 0.1) is 0 Å². The van der Waals surface area contributed by atoms with Crippen LogP contribution >= 0.6 is 0 Å². The summed E-state index contributed by atoms with van der Waals surface area (Å²) in [6, 6.07) is 7.58. The highest BCUT2D eigenvalue weighted by molar-refractivity contribution is 5.93. The number of hydrogen-bond acceptors (Lipinski definition) is 3. The molecule has 1 aliphatic carbocycles. The van der Waals surface area contributed by atoms with Crippen molar-refractivity contribution >= 4 is 17.1 Å². The zero-order valence-electron chi connectivity index (χ0n) is 12.6. The first-order chi connectivity index (χ1) is 11.2. The SMILES string of the molecule is O=C(O)c1ccc(-c2ccnc3nc[nH]c23)cc1C1CCCC1. The van der Waals surface area contributed by atoms with Crippen LogP contribution < -0.4 is 0 Å². The highest BCUT2D eigenvalue weighted by Crippen LogP contribution is 2.38. The monoisotopic (exact) mass is 307 g/mol. The molecule has 0 radical (unpaired) electrons. The van der Waals surface area contributed by atoms with E-state index in [0.717, 1.165) is 35.0 Å². The number of benzene rings is 1. The minimum Gasteiger partial charge on any atom is -0.478 e. The van der Waals surface area contributed by atoms with Gasteiger partial charge in [-0.25, -0.2) is 14.8 Å². The summed E-state index contributed by atoms with van der Waals surface area (Å²) in [6.07, 6.45) is 7.85. The number of carboxylic acids is 1. The third-order valence-electron chi connectivity index (χ3n) is 4.71. The molecule has 0 aliphatic heterocycles. The molecule has 2 heterocycles. The molecule has 0 atom stereocenters. The van der Waals surface area contributed by atoms with E-state index in [1.54, 1.807) is 18.6 Å². The summed E-state index contributed by atoms with van der Waals surface area (Å²) >= 11 is 0. The second kappa shape index (κ2) is 5.50. The summed E-state index contributed by atoms with van der Waals surface area (Å²) in [7, 11) is 0. The maximum Gasteiger partial charge on any atom is 0.335 e. The first kappa shape index (κ1) is 13.9. The Hall–Kier alpha value is -2.69. The van der Waals surface area contributed by atoms with E-state index in [-0.39, 0.29) is 0 Å². The Morgan fingerprint density at radius 2 is 2.00 bits per heavy atom.